The summed E-state index contributed by atoms with van der Waals surface area (Å²) in [5, 5.41) is 3.38. The highest BCUT2D eigenvalue weighted by Crippen LogP contribution is 2.36. The quantitative estimate of drug-likeness (QED) is 0.430. The van der Waals surface area contributed by atoms with E-state index >= 15 is 0 Å². The Kier molecular flexibility index (Phi) is 8.96. The first kappa shape index (κ1) is 26.9. The van der Waals surface area contributed by atoms with Gasteiger partial charge < -0.3 is 19.5 Å². The molecule has 196 valence electrons. The highest BCUT2D eigenvalue weighted by Gasteiger charge is 2.40. The van der Waals surface area contributed by atoms with E-state index in [1.54, 1.807) is 23.9 Å². The molecule has 1 amide bonds. The maximum Gasteiger partial charge on any atom is 0.345 e. The van der Waals surface area contributed by atoms with Crippen LogP contribution >= 0.6 is 15.9 Å². The Morgan fingerprint density at radius 3 is 2.75 bits per heavy atom. The van der Waals surface area contributed by atoms with E-state index in [2.05, 4.69) is 38.1 Å². The summed E-state index contributed by atoms with van der Waals surface area (Å²) in [6, 6.07) is 7.99. The minimum Gasteiger partial charge on any atom is -0.335 e. The normalized spacial score (nSPS) is 20.1. The van der Waals surface area contributed by atoms with E-state index in [1.165, 1.54) is 0 Å². The largest absolute Gasteiger partial charge is 0.345 e. The number of halogens is 3. The Morgan fingerprint density at radius 2 is 2.06 bits per heavy atom. The van der Waals surface area contributed by atoms with Crippen LogP contribution in [0.1, 0.15) is 53.9 Å². The summed E-state index contributed by atoms with van der Waals surface area (Å²) in [6.45, 7) is 1.17. The lowest BCUT2D eigenvalue weighted by Crippen LogP contribution is -2.47. The molecule has 1 aromatic carbocycles. The first-order valence-corrected chi connectivity index (χ1v) is 13.4. The number of rotatable bonds is 10. The van der Waals surface area contributed by atoms with Gasteiger partial charge in [-0.25, -0.2) is 0 Å². The number of pyridine rings is 1. The molecule has 0 radical (unpaired) electrons. The predicted octanol–water partition coefficient (Wildman–Crippen LogP) is 4.51. The Balaban J connectivity index is 1.52. The topological polar surface area (TPSA) is 63.6 Å². The van der Waals surface area contributed by atoms with Gasteiger partial charge in [0.1, 0.15) is 0 Å². The monoisotopic (exact) mass is 565 g/mol. The highest BCUT2D eigenvalue weighted by molar-refractivity contribution is 9.10. The maximum absolute atomic E-state index is 13.9. The van der Waals surface area contributed by atoms with Gasteiger partial charge in [-0.05, 0) is 85.9 Å². The molecule has 2 atom stereocenters. The summed E-state index contributed by atoms with van der Waals surface area (Å²) in [5.41, 5.74) is 4.03. The fourth-order valence-electron chi connectivity index (χ4n) is 5.08. The first-order chi connectivity index (χ1) is 17.2. The number of aryl methyl sites for hydroxylation is 2. The van der Waals surface area contributed by atoms with Crippen molar-refractivity contribution < 1.29 is 18.3 Å². The number of hydrogen-bond acceptors (Lipinski definition) is 4. The molecular formula is C27H34BrF2N3O3. The van der Waals surface area contributed by atoms with Crippen LogP contribution in [0.5, 0.6) is 0 Å². The summed E-state index contributed by atoms with van der Waals surface area (Å²) in [6.07, 6.45) is 5.69. The molecule has 1 saturated carbocycles. The molecule has 1 saturated heterocycles. The molecular weight excluding hydrogens is 532 g/mol. The molecule has 0 spiro atoms. The lowest BCUT2D eigenvalue weighted by Gasteiger charge is -2.36. The number of aromatic nitrogens is 1. The molecule has 2 aliphatic rings. The zero-order valence-electron chi connectivity index (χ0n) is 20.8. The second-order valence-corrected chi connectivity index (χ2v) is 10.8. The number of ether oxygens (including phenoxy) is 1. The molecule has 4 rings (SSSR count). The molecule has 1 aliphatic carbocycles. The minimum absolute atomic E-state index is 0.00375. The van der Waals surface area contributed by atoms with E-state index < -0.39 is 6.61 Å². The predicted molar refractivity (Wildman–Crippen MR) is 138 cm³/mol. The number of piperidine rings is 1. The number of carbonyl (C=O) groups excluding carboxylic acids is 1. The van der Waals surface area contributed by atoms with Gasteiger partial charge >= 0.3 is 6.61 Å². The van der Waals surface area contributed by atoms with E-state index in [-0.39, 0.29) is 36.0 Å². The van der Waals surface area contributed by atoms with Crippen LogP contribution in [0, 0.1) is 12.8 Å². The third-order valence-corrected chi connectivity index (χ3v) is 8.15. The molecule has 2 fully saturated rings. The first-order valence-electron chi connectivity index (χ1n) is 12.6. The number of amides is 1. The van der Waals surface area contributed by atoms with Gasteiger partial charge in [-0.15, -0.1) is 0 Å². The Morgan fingerprint density at radius 1 is 1.28 bits per heavy atom. The van der Waals surface area contributed by atoms with Crippen molar-refractivity contribution in [1.82, 2.24) is 14.8 Å². The van der Waals surface area contributed by atoms with Crippen LogP contribution in [-0.4, -0.2) is 47.7 Å². The molecule has 1 aliphatic heterocycles. The fraction of sp³-hybridized carbons (Fsp3) is 0.556. The summed E-state index contributed by atoms with van der Waals surface area (Å²) in [5.74, 6) is -0.102. The van der Waals surface area contributed by atoms with E-state index in [4.69, 9.17) is 0 Å². The van der Waals surface area contributed by atoms with Crippen molar-refractivity contribution in [2.75, 3.05) is 19.7 Å². The minimum atomic E-state index is -2.75. The molecule has 2 aromatic rings. The molecule has 0 bridgehead atoms. The van der Waals surface area contributed by atoms with Gasteiger partial charge in [0, 0.05) is 42.9 Å². The number of carbonyl (C=O) groups is 1. The third-order valence-electron chi connectivity index (χ3n) is 7.33. The van der Waals surface area contributed by atoms with E-state index in [0.29, 0.717) is 25.9 Å². The second-order valence-electron chi connectivity index (χ2n) is 9.91. The summed E-state index contributed by atoms with van der Waals surface area (Å²) in [7, 11) is 1.73. The van der Waals surface area contributed by atoms with Crippen LogP contribution in [-0.2, 0) is 29.5 Å². The third kappa shape index (κ3) is 6.61. The van der Waals surface area contributed by atoms with Crippen molar-refractivity contribution in [3.63, 3.8) is 0 Å². The van der Waals surface area contributed by atoms with Crippen LogP contribution in [0.4, 0.5) is 8.78 Å². The number of nitrogens with one attached hydrogen (secondary N) is 1. The van der Waals surface area contributed by atoms with Crippen LogP contribution in [0.3, 0.4) is 0 Å². The number of nitrogens with zero attached hydrogens (tertiary/aromatic N) is 2. The van der Waals surface area contributed by atoms with Crippen molar-refractivity contribution in [3.05, 3.63) is 67.5 Å². The van der Waals surface area contributed by atoms with Crippen LogP contribution in [0.15, 0.2) is 39.7 Å². The van der Waals surface area contributed by atoms with Crippen LogP contribution in [0.25, 0.3) is 0 Å². The zero-order chi connectivity index (χ0) is 25.8. The van der Waals surface area contributed by atoms with Crippen molar-refractivity contribution in [1.29, 1.82) is 0 Å². The number of alkyl halides is 2. The zero-order valence-corrected chi connectivity index (χ0v) is 22.4. The van der Waals surface area contributed by atoms with Crippen molar-refractivity contribution in [2.24, 2.45) is 13.0 Å². The lowest BCUT2D eigenvalue weighted by atomic mass is 9.80. The Hall–Kier alpha value is -2.10. The molecule has 36 heavy (non-hydrogen) atoms. The van der Waals surface area contributed by atoms with Crippen molar-refractivity contribution in [3.8, 4) is 0 Å². The van der Waals surface area contributed by atoms with Gasteiger partial charge in [-0.3, -0.25) is 9.59 Å². The lowest BCUT2D eigenvalue weighted by molar-refractivity contribution is -0.138. The summed E-state index contributed by atoms with van der Waals surface area (Å²) >= 11 is 3.64. The van der Waals surface area contributed by atoms with Gasteiger partial charge in [-0.1, -0.05) is 22.0 Å². The number of benzene rings is 1. The van der Waals surface area contributed by atoms with Gasteiger partial charge in [0.2, 0.25) is 5.91 Å². The standard InChI is InChI=1S/C27H34BrF2N3O3/c1-17-19(4-3-11-36-27(29)30)12-18(13-24(17)28)16-33(21-5-6-21)26(35)23-15-31-9-7-22(23)20-8-10-32(2)25(34)14-20/h8,10,12-14,21-23,27,31H,3-7,9,11,15-16H2,1-2H3/t22-,23+/m1/s1. The Bertz CT molecular complexity index is 1140. The van der Waals surface area contributed by atoms with Gasteiger partial charge in [0.05, 0.1) is 12.5 Å². The van der Waals surface area contributed by atoms with E-state index in [9.17, 15) is 18.4 Å². The van der Waals surface area contributed by atoms with Gasteiger partial charge in [0.15, 0.2) is 0 Å². The average Bonchev–Trinajstić information content (AvgIpc) is 3.69. The average molecular weight is 566 g/mol. The molecule has 9 heteroatoms. The second kappa shape index (κ2) is 12.0. The number of hydrogen-bond donors (Lipinski definition) is 1. The van der Waals surface area contributed by atoms with Crippen molar-refractivity contribution >= 4 is 21.8 Å². The van der Waals surface area contributed by atoms with E-state index in [1.807, 2.05) is 17.9 Å². The smallest absolute Gasteiger partial charge is 0.335 e. The molecule has 1 N–H and O–H groups in total. The Labute approximate surface area is 219 Å². The van der Waals surface area contributed by atoms with Gasteiger partial charge in [-0.2, -0.15) is 8.78 Å². The summed E-state index contributed by atoms with van der Waals surface area (Å²) in [4.78, 5) is 28.2. The molecule has 0 unspecified atom stereocenters. The van der Waals surface area contributed by atoms with E-state index in [0.717, 1.165) is 52.5 Å². The summed E-state index contributed by atoms with van der Waals surface area (Å²) < 4.78 is 31.5. The molecule has 1 aromatic heterocycles. The van der Waals surface area contributed by atoms with Crippen LogP contribution in [0.2, 0.25) is 0 Å². The van der Waals surface area contributed by atoms with Crippen LogP contribution < -0.4 is 10.9 Å². The molecule has 6 nitrogen and oxygen atoms in total. The van der Waals surface area contributed by atoms with Crippen molar-refractivity contribution in [2.45, 2.75) is 64.1 Å². The SMILES string of the molecule is Cc1c(Br)cc(CN(C(=O)[C@H]2CNCC[C@@H]2c2ccn(C)c(=O)c2)C2CC2)cc1CCCOC(F)F. The van der Waals surface area contributed by atoms with Gasteiger partial charge in [0.25, 0.3) is 5.56 Å². The maximum atomic E-state index is 13.9. The molecule has 2 heterocycles. The highest BCUT2D eigenvalue weighted by atomic mass is 79.9. The fourth-order valence-corrected chi connectivity index (χ4v) is 5.63.